The Morgan fingerprint density at radius 2 is 2.00 bits per heavy atom. The fraction of sp³-hybridized carbons (Fsp3) is 0.524. The van der Waals surface area contributed by atoms with Gasteiger partial charge in [-0.15, -0.1) is 0 Å². The Balaban J connectivity index is 2.21. The molecule has 0 radical (unpaired) electrons. The molecule has 0 spiro atoms. The van der Waals surface area contributed by atoms with E-state index in [1.165, 1.54) is 0 Å². The molecule has 1 aliphatic rings. The zero-order valence-electron chi connectivity index (χ0n) is 17.9. The molecule has 0 saturated heterocycles. The SMILES string of the molecule is CCOCCNC(=O)[C@@H]1CC(=O)N[C@@H](C)C(=O)NCCCOc2ccccc2C(=O)N1. The summed E-state index contributed by atoms with van der Waals surface area (Å²) in [7, 11) is 0. The molecule has 10 nitrogen and oxygen atoms in total. The Morgan fingerprint density at radius 3 is 2.77 bits per heavy atom. The summed E-state index contributed by atoms with van der Waals surface area (Å²) >= 11 is 0. The first-order valence-electron chi connectivity index (χ1n) is 10.4. The van der Waals surface area contributed by atoms with Crippen molar-refractivity contribution in [3.05, 3.63) is 29.8 Å². The van der Waals surface area contributed by atoms with Gasteiger partial charge in [-0.1, -0.05) is 12.1 Å². The van der Waals surface area contributed by atoms with Crippen LogP contribution in [0.25, 0.3) is 0 Å². The Labute approximate surface area is 181 Å². The monoisotopic (exact) mass is 434 g/mol. The second-order valence-electron chi connectivity index (χ2n) is 7.00. The topological polar surface area (TPSA) is 135 Å². The van der Waals surface area contributed by atoms with Crippen molar-refractivity contribution in [2.75, 3.05) is 32.9 Å². The number of benzene rings is 1. The van der Waals surface area contributed by atoms with Crippen LogP contribution in [0.4, 0.5) is 0 Å². The number of carbonyl (C=O) groups is 4. The zero-order chi connectivity index (χ0) is 22.6. The van der Waals surface area contributed by atoms with Gasteiger partial charge in [0.15, 0.2) is 0 Å². The van der Waals surface area contributed by atoms with Gasteiger partial charge in [-0.2, -0.15) is 0 Å². The molecule has 0 unspecified atom stereocenters. The number of para-hydroxylation sites is 1. The van der Waals surface area contributed by atoms with Crippen molar-refractivity contribution in [3.8, 4) is 5.75 Å². The molecule has 0 aliphatic carbocycles. The fourth-order valence-corrected chi connectivity index (χ4v) is 2.91. The second kappa shape index (κ2) is 12.5. The van der Waals surface area contributed by atoms with Crippen molar-refractivity contribution in [2.45, 2.75) is 38.8 Å². The van der Waals surface area contributed by atoms with E-state index in [-0.39, 0.29) is 31.0 Å². The molecule has 2 atom stereocenters. The van der Waals surface area contributed by atoms with Crippen LogP contribution in [-0.4, -0.2) is 68.6 Å². The molecular weight excluding hydrogens is 404 g/mol. The first-order valence-corrected chi connectivity index (χ1v) is 10.4. The van der Waals surface area contributed by atoms with Gasteiger partial charge in [0.2, 0.25) is 17.7 Å². The number of carbonyl (C=O) groups excluding carboxylic acids is 4. The van der Waals surface area contributed by atoms with Crippen molar-refractivity contribution >= 4 is 23.6 Å². The summed E-state index contributed by atoms with van der Waals surface area (Å²) in [4.78, 5) is 50.1. The van der Waals surface area contributed by atoms with Crippen LogP contribution in [0.3, 0.4) is 0 Å². The first-order chi connectivity index (χ1) is 14.9. The molecule has 0 fully saturated rings. The standard InChI is InChI=1S/C21H30N4O6/c1-3-30-12-10-23-21(29)16-13-18(26)24-14(2)19(27)22-9-6-11-31-17-8-5-4-7-15(17)20(28)25-16/h4-5,7-8,14,16H,3,6,9-13H2,1-2H3,(H,22,27)(H,23,29)(H,24,26)(H,25,28)/t14-,16-/m0/s1. The highest BCUT2D eigenvalue weighted by molar-refractivity contribution is 6.01. The van der Waals surface area contributed by atoms with Crippen LogP contribution in [0.1, 0.15) is 37.0 Å². The molecule has 1 heterocycles. The number of fused-ring (bicyclic) bond motifs is 1. The average molecular weight is 434 g/mol. The highest BCUT2D eigenvalue weighted by Gasteiger charge is 2.27. The zero-order valence-corrected chi connectivity index (χ0v) is 17.9. The molecule has 1 aliphatic heterocycles. The molecule has 4 N–H and O–H groups in total. The molecule has 31 heavy (non-hydrogen) atoms. The summed E-state index contributed by atoms with van der Waals surface area (Å²) in [5.41, 5.74) is 0.252. The first kappa shape index (κ1) is 24.1. The molecule has 0 aromatic heterocycles. The number of hydrogen-bond donors (Lipinski definition) is 4. The maximum absolute atomic E-state index is 12.9. The van der Waals surface area contributed by atoms with Gasteiger partial charge in [-0.3, -0.25) is 19.2 Å². The maximum Gasteiger partial charge on any atom is 0.255 e. The smallest absolute Gasteiger partial charge is 0.255 e. The normalized spacial score (nSPS) is 20.6. The third-order valence-electron chi connectivity index (χ3n) is 4.54. The van der Waals surface area contributed by atoms with Crippen LogP contribution < -0.4 is 26.0 Å². The molecular formula is C21H30N4O6. The molecule has 1 aromatic rings. The summed E-state index contributed by atoms with van der Waals surface area (Å²) in [5, 5.41) is 10.5. The number of amides is 4. The Bertz CT molecular complexity index is 785. The van der Waals surface area contributed by atoms with Gasteiger partial charge in [0.1, 0.15) is 17.8 Å². The van der Waals surface area contributed by atoms with E-state index in [1.807, 2.05) is 6.92 Å². The number of nitrogens with one attached hydrogen (secondary N) is 4. The lowest BCUT2D eigenvalue weighted by Crippen LogP contribution is -2.51. The van der Waals surface area contributed by atoms with Gasteiger partial charge in [0, 0.05) is 19.7 Å². The number of rotatable bonds is 5. The minimum Gasteiger partial charge on any atom is -0.493 e. The Kier molecular flexibility index (Phi) is 9.76. The largest absolute Gasteiger partial charge is 0.493 e. The summed E-state index contributed by atoms with van der Waals surface area (Å²) in [6.07, 6.45) is 0.195. The third-order valence-corrected chi connectivity index (χ3v) is 4.54. The lowest BCUT2D eigenvalue weighted by molar-refractivity contribution is -0.130. The van der Waals surface area contributed by atoms with Crippen molar-refractivity contribution in [2.24, 2.45) is 0 Å². The molecule has 4 amide bonds. The number of hydrogen-bond acceptors (Lipinski definition) is 6. The molecule has 10 heteroatoms. The maximum atomic E-state index is 12.9. The van der Waals surface area contributed by atoms with Crippen molar-refractivity contribution < 1.29 is 28.7 Å². The number of ether oxygens (including phenoxy) is 2. The van der Waals surface area contributed by atoms with Crippen molar-refractivity contribution in [1.29, 1.82) is 0 Å². The quantitative estimate of drug-likeness (QED) is 0.471. The highest BCUT2D eigenvalue weighted by atomic mass is 16.5. The minimum atomic E-state index is -1.14. The lowest BCUT2D eigenvalue weighted by atomic mass is 10.1. The van der Waals surface area contributed by atoms with E-state index in [1.54, 1.807) is 31.2 Å². The molecule has 2 rings (SSSR count). The Hall–Kier alpha value is -3.14. The van der Waals surface area contributed by atoms with Crippen molar-refractivity contribution in [3.63, 3.8) is 0 Å². The second-order valence-corrected chi connectivity index (χ2v) is 7.00. The molecule has 0 bridgehead atoms. The van der Waals surface area contributed by atoms with E-state index in [9.17, 15) is 19.2 Å². The van der Waals surface area contributed by atoms with Crippen LogP contribution in [0, 0.1) is 0 Å². The van der Waals surface area contributed by atoms with Gasteiger partial charge in [-0.25, -0.2) is 0 Å². The van der Waals surface area contributed by atoms with Gasteiger partial charge in [0.25, 0.3) is 5.91 Å². The highest BCUT2D eigenvalue weighted by Crippen LogP contribution is 2.18. The summed E-state index contributed by atoms with van der Waals surface area (Å²) in [5.74, 6) is -1.58. The predicted octanol–water partition coefficient (Wildman–Crippen LogP) is -0.269. The van der Waals surface area contributed by atoms with Gasteiger partial charge in [-0.05, 0) is 32.4 Å². The fourth-order valence-electron chi connectivity index (χ4n) is 2.91. The van der Waals surface area contributed by atoms with Gasteiger partial charge in [0.05, 0.1) is 25.2 Å². The lowest BCUT2D eigenvalue weighted by Gasteiger charge is -2.20. The van der Waals surface area contributed by atoms with Gasteiger partial charge >= 0.3 is 0 Å². The van der Waals surface area contributed by atoms with E-state index in [2.05, 4.69) is 21.3 Å². The third kappa shape index (κ3) is 7.89. The van der Waals surface area contributed by atoms with Crippen LogP contribution in [0.5, 0.6) is 5.75 Å². The van der Waals surface area contributed by atoms with Crippen molar-refractivity contribution in [1.82, 2.24) is 21.3 Å². The van der Waals surface area contributed by atoms with Crippen LogP contribution in [0.15, 0.2) is 24.3 Å². The summed E-state index contributed by atoms with van der Waals surface area (Å²) in [6.45, 7) is 5.08. The van der Waals surface area contributed by atoms with E-state index in [0.717, 1.165) is 0 Å². The van der Waals surface area contributed by atoms with Crippen LogP contribution >= 0.6 is 0 Å². The molecule has 170 valence electrons. The Morgan fingerprint density at radius 1 is 1.23 bits per heavy atom. The van der Waals surface area contributed by atoms with E-state index >= 15 is 0 Å². The average Bonchev–Trinajstić information content (AvgIpc) is 2.75. The summed E-state index contributed by atoms with van der Waals surface area (Å²) in [6, 6.07) is 4.72. The van der Waals surface area contributed by atoms with E-state index < -0.39 is 29.8 Å². The van der Waals surface area contributed by atoms with Gasteiger partial charge < -0.3 is 30.7 Å². The van der Waals surface area contributed by atoms with Crippen LogP contribution in [-0.2, 0) is 19.1 Å². The predicted molar refractivity (Wildman–Crippen MR) is 113 cm³/mol. The molecule has 1 aromatic carbocycles. The molecule has 0 saturated carbocycles. The van der Waals surface area contributed by atoms with E-state index in [0.29, 0.717) is 31.9 Å². The van der Waals surface area contributed by atoms with E-state index in [4.69, 9.17) is 9.47 Å². The summed E-state index contributed by atoms with van der Waals surface area (Å²) < 4.78 is 10.9. The van der Waals surface area contributed by atoms with Crippen LogP contribution in [0.2, 0.25) is 0 Å². The minimum absolute atomic E-state index is 0.235.